The molecule has 0 aromatic carbocycles. The quantitative estimate of drug-likeness (QED) is 0.713. The van der Waals surface area contributed by atoms with Gasteiger partial charge in [-0.2, -0.15) is 0 Å². The summed E-state index contributed by atoms with van der Waals surface area (Å²) >= 11 is 0. The van der Waals surface area contributed by atoms with E-state index in [4.69, 9.17) is 10.2 Å². The van der Waals surface area contributed by atoms with Gasteiger partial charge in [-0.15, -0.1) is 0 Å². The van der Waals surface area contributed by atoms with Crippen LogP contribution in [0.3, 0.4) is 0 Å². The summed E-state index contributed by atoms with van der Waals surface area (Å²) in [5.74, 6) is 1.03. The van der Waals surface area contributed by atoms with E-state index >= 15 is 0 Å². The predicted molar refractivity (Wildman–Crippen MR) is 54.8 cm³/mol. The molecule has 2 heterocycles. The molecular weight excluding hydrogens is 178 g/mol. The molecule has 4 nitrogen and oxygen atoms in total. The highest BCUT2D eigenvalue weighted by molar-refractivity contribution is 4.98. The van der Waals surface area contributed by atoms with Crippen LogP contribution in [-0.4, -0.2) is 37.1 Å². The maximum Gasteiger partial charge on any atom is 0.117 e. The second-order valence-corrected chi connectivity index (χ2v) is 3.70. The van der Waals surface area contributed by atoms with Gasteiger partial charge in [0.15, 0.2) is 0 Å². The molecule has 0 saturated carbocycles. The number of furan rings is 1. The summed E-state index contributed by atoms with van der Waals surface area (Å²) in [5.41, 5.74) is 5.63. The Morgan fingerprint density at radius 2 is 2.57 bits per heavy atom. The van der Waals surface area contributed by atoms with Gasteiger partial charge in [-0.1, -0.05) is 0 Å². The van der Waals surface area contributed by atoms with Gasteiger partial charge in [-0.25, -0.2) is 0 Å². The van der Waals surface area contributed by atoms with Gasteiger partial charge in [0, 0.05) is 32.2 Å². The molecule has 0 radical (unpaired) electrons. The Hall–Kier alpha value is -0.840. The minimum Gasteiger partial charge on any atom is -0.468 e. The summed E-state index contributed by atoms with van der Waals surface area (Å²) in [6.45, 7) is 4.69. The van der Waals surface area contributed by atoms with Crippen LogP contribution in [-0.2, 0) is 6.54 Å². The third-order valence-electron chi connectivity index (χ3n) is 2.58. The molecule has 1 aliphatic heterocycles. The fourth-order valence-electron chi connectivity index (χ4n) is 1.82. The number of rotatable bonds is 3. The van der Waals surface area contributed by atoms with Crippen LogP contribution in [0.15, 0.2) is 22.8 Å². The number of nitrogens with zero attached hydrogens (tertiary/aromatic N) is 1. The standard InChI is InChI=1S/C10H17N3O/c11-6-9-7-13(4-3-12-9)8-10-2-1-5-14-10/h1-2,5,9,12H,3-4,6-8,11H2. The van der Waals surface area contributed by atoms with E-state index in [0.717, 1.165) is 31.9 Å². The van der Waals surface area contributed by atoms with Crippen LogP contribution in [0.1, 0.15) is 5.76 Å². The maximum absolute atomic E-state index is 5.63. The van der Waals surface area contributed by atoms with Crippen LogP contribution in [0.5, 0.6) is 0 Å². The minimum absolute atomic E-state index is 0.429. The minimum atomic E-state index is 0.429. The zero-order valence-corrected chi connectivity index (χ0v) is 8.28. The largest absolute Gasteiger partial charge is 0.468 e. The molecule has 1 aromatic rings. The molecule has 0 bridgehead atoms. The van der Waals surface area contributed by atoms with E-state index in [1.165, 1.54) is 0 Å². The zero-order chi connectivity index (χ0) is 9.80. The molecule has 3 N–H and O–H groups in total. The van der Waals surface area contributed by atoms with Crippen molar-refractivity contribution in [1.82, 2.24) is 10.2 Å². The van der Waals surface area contributed by atoms with Crippen molar-refractivity contribution < 1.29 is 4.42 Å². The molecule has 1 saturated heterocycles. The first kappa shape index (κ1) is 9.71. The highest BCUT2D eigenvalue weighted by Gasteiger charge is 2.18. The molecule has 78 valence electrons. The normalized spacial score (nSPS) is 23.9. The van der Waals surface area contributed by atoms with Gasteiger partial charge in [0.2, 0.25) is 0 Å². The molecule has 0 amide bonds. The Balaban J connectivity index is 1.86. The Labute approximate surface area is 84.1 Å². The van der Waals surface area contributed by atoms with Crippen molar-refractivity contribution in [3.8, 4) is 0 Å². The van der Waals surface area contributed by atoms with E-state index in [0.29, 0.717) is 12.6 Å². The van der Waals surface area contributed by atoms with Crippen LogP contribution >= 0.6 is 0 Å². The molecule has 1 fully saturated rings. The molecular formula is C10H17N3O. The van der Waals surface area contributed by atoms with Crippen LogP contribution < -0.4 is 11.1 Å². The predicted octanol–water partition coefficient (Wildman–Crippen LogP) is 0.0121. The van der Waals surface area contributed by atoms with E-state index in [9.17, 15) is 0 Å². The molecule has 1 unspecified atom stereocenters. The van der Waals surface area contributed by atoms with Gasteiger partial charge in [-0.3, -0.25) is 4.90 Å². The number of hydrogen-bond donors (Lipinski definition) is 2. The molecule has 14 heavy (non-hydrogen) atoms. The van der Waals surface area contributed by atoms with Gasteiger partial charge >= 0.3 is 0 Å². The summed E-state index contributed by atoms with van der Waals surface area (Å²) in [7, 11) is 0. The summed E-state index contributed by atoms with van der Waals surface area (Å²) < 4.78 is 5.31. The Kier molecular flexibility index (Phi) is 3.18. The lowest BCUT2D eigenvalue weighted by atomic mass is 10.2. The SMILES string of the molecule is NCC1CN(Cc2ccco2)CCN1. The number of nitrogens with one attached hydrogen (secondary N) is 1. The van der Waals surface area contributed by atoms with E-state index < -0.39 is 0 Å². The topological polar surface area (TPSA) is 54.4 Å². The first-order valence-corrected chi connectivity index (χ1v) is 5.06. The average molecular weight is 195 g/mol. The second-order valence-electron chi connectivity index (χ2n) is 3.70. The smallest absolute Gasteiger partial charge is 0.117 e. The second kappa shape index (κ2) is 4.59. The Morgan fingerprint density at radius 1 is 1.64 bits per heavy atom. The monoisotopic (exact) mass is 195 g/mol. The lowest BCUT2D eigenvalue weighted by molar-refractivity contribution is 0.182. The molecule has 4 heteroatoms. The maximum atomic E-state index is 5.63. The van der Waals surface area contributed by atoms with Crippen LogP contribution in [0, 0.1) is 0 Å². The van der Waals surface area contributed by atoms with E-state index in [-0.39, 0.29) is 0 Å². The first-order chi connectivity index (χ1) is 6.88. The summed E-state index contributed by atoms with van der Waals surface area (Å²) in [6, 6.07) is 4.37. The first-order valence-electron chi connectivity index (χ1n) is 5.06. The molecule has 1 atom stereocenters. The third-order valence-corrected chi connectivity index (χ3v) is 2.58. The third kappa shape index (κ3) is 2.35. The molecule has 1 aliphatic rings. The highest BCUT2D eigenvalue weighted by atomic mass is 16.3. The fourth-order valence-corrected chi connectivity index (χ4v) is 1.82. The molecule has 2 rings (SSSR count). The van der Waals surface area contributed by atoms with Gasteiger partial charge in [0.1, 0.15) is 5.76 Å². The fraction of sp³-hybridized carbons (Fsp3) is 0.600. The number of piperazine rings is 1. The van der Waals surface area contributed by atoms with Gasteiger partial charge in [0.05, 0.1) is 12.8 Å². The van der Waals surface area contributed by atoms with E-state index in [1.807, 2.05) is 12.1 Å². The summed E-state index contributed by atoms with van der Waals surface area (Å²) in [6.07, 6.45) is 1.72. The lowest BCUT2D eigenvalue weighted by Crippen LogP contribution is -2.53. The zero-order valence-electron chi connectivity index (χ0n) is 8.28. The number of hydrogen-bond acceptors (Lipinski definition) is 4. The van der Waals surface area contributed by atoms with Crippen LogP contribution in [0.25, 0.3) is 0 Å². The summed E-state index contributed by atoms with van der Waals surface area (Å²) in [5, 5.41) is 3.38. The van der Waals surface area contributed by atoms with Crippen molar-refractivity contribution in [1.29, 1.82) is 0 Å². The van der Waals surface area contributed by atoms with Crippen molar-refractivity contribution in [2.75, 3.05) is 26.2 Å². The van der Waals surface area contributed by atoms with Gasteiger partial charge < -0.3 is 15.5 Å². The molecule has 0 spiro atoms. The molecule has 1 aromatic heterocycles. The Morgan fingerprint density at radius 3 is 3.29 bits per heavy atom. The van der Waals surface area contributed by atoms with Gasteiger partial charge in [-0.05, 0) is 12.1 Å². The lowest BCUT2D eigenvalue weighted by Gasteiger charge is -2.32. The Bertz CT molecular complexity index is 260. The van der Waals surface area contributed by atoms with Crippen molar-refractivity contribution >= 4 is 0 Å². The number of nitrogens with two attached hydrogens (primary N) is 1. The van der Waals surface area contributed by atoms with Crippen molar-refractivity contribution in [3.05, 3.63) is 24.2 Å². The molecule has 0 aliphatic carbocycles. The van der Waals surface area contributed by atoms with Crippen LogP contribution in [0.2, 0.25) is 0 Å². The van der Waals surface area contributed by atoms with Crippen molar-refractivity contribution in [2.24, 2.45) is 5.73 Å². The van der Waals surface area contributed by atoms with Crippen molar-refractivity contribution in [2.45, 2.75) is 12.6 Å². The van der Waals surface area contributed by atoms with Crippen LogP contribution in [0.4, 0.5) is 0 Å². The van der Waals surface area contributed by atoms with E-state index in [2.05, 4.69) is 10.2 Å². The summed E-state index contributed by atoms with van der Waals surface area (Å²) in [4.78, 5) is 2.37. The van der Waals surface area contributed by atoms with Crippen molar-refractivity contribution in [3.63, 3.8) is 0 Å². The van der Waals surface area contributed by atoms with E-state index in [1.54, 1.807) is 6.26 Å². The average Bonchev–Trinajstić information content (AvgIpc) is 2.71. The highest BCUT2D eigenvalue weighted by Crippen LogP contribution is 2.07. The van der Waals surface area contributed by atoms with Gasteiger partial charge in [0.25, 0.3) is 0 Å².